The zero-order valence-corrected chi connectivity index (χ0v) is 13.5. The molecular formula is C18H27NO3. The van der Waals surface area contributed by atoms with Gasteiger partial charge in [0.15, 0.2) is 6.61 Å². The molecule has 4 bridgehead atoms. The van der Waals surface area contributed by atoms with Crippen molar-refractivity contribution >= 4 is 11.9 Å². The molecule has 0 radical (unpaired) electrons. The number of esters is 1. The lowest BCUT2D eigenvalue weighted by Crippen LogP contribution is -2.51. The van der Waals surface area contributed by atoms with E-state index in [1.165, 1.54) is 32.1 Å². The Morgan fingerprint density at radius 3 is 2.14 bits per heavy atom. The van der Waals surface area contributed by atoms with Gasteiger partial charge in [0.25, 0.3) is 5.91 Å². The van der Waals surface area contributed by atoms with Crippen LogP contribution in [-0.4, -0.2) is 24.5 Å². The summed E-state index contributed by atoms with van der Waals surface area (Å²) >= 11 is 0. The number of carbonyl (C=O) groups excluding carboxylic acids is 2. The normalized spacial score (nSPS) is 40.3. The minimum absolute atomic E-state index is 0.0965. The summed E-state index contributed by atoms with van der Waals surface area (Å²) in [7, 11) is 0. The smallest absolute Gasteiger partial charge is 0.312 e. The van der Waals surface area contributed by atoms with E-state index in [2.05, 4.69) is 5.32 Å². The van der Waals surface area contributed by atoms with E-state index in [1.807, 2.05) is 6.92 Å². The van der Waals surface area contributed by atoms with Crippen molar-refractivity contribution in [1.82, 2.24) is 5.32 Å². The summed E-state index contributed by atoms with van der Waals surface area (Å²) in [5, 5.41) is 2.95. The van der Waals surface area contributed by atoms with Crippen LogP contribution in [0.15, 0.2) is 0 Å². The Hall–Kier alpha value is -1.06. The Kier molecular flexibility index (Phi) is 3.46. The van der Waals surface area contributed by atoms with Gasteiger partial charge in [0.05, 0.1) is 5.41 Å². The van der Waals surface area contributed by atoms with E-state index in [1.54, 1.807) is 0 Å². The molecule has 1 atom stereocenters. The van der Waals surface area contributed by atoms with E-state index >= 15 is 0 Å². The Labute approximate surface area is 132 Å². The van der Waals surface area contributed by atoms with E-state index in [4.69, 9.17) is 4.74 Å². The molecular weight excluding hydrogens is 278 g/mol. The van der Waals surface area contributed by atoms with Crippen LogP contribution >= 0.6 is 0 Å². The van der Waals surface area contributed by atoms with Crippen LogP contribution < -0.4 is 5.32 Å². The number of ether oxygens (including phenoxy) is 1. The first-order valence-electron chi connectivity index (χ1n) is 9.01. The van der Waals surface area contributed by atoms with Crippen molar-refractivity contribution < 1.29 is 14.3 Å². The maximum absolute atomic E-state index is 12.6. The van der Waals surface area contributed by atoms with E-state index < -0.39 is 0 Å². The average molecular weight is 305 g/mol. The molecule has 0 aromatic carbocycles. The lowest BCUT2D eigenvalue weighted by Gasteiger charge is -2.55. The van der Waals surface area contributed by atoms with E-state index in [0.717, 1.165) is 37.0 Å². The predicted molar refractivity (Wildman–Crippen MR) is 81.9 cm³/mol. The van der Waals surface area contributed by atoms with E-state index in [0.29, 0.717) is 5.92 Å². The summed E-state index contributed by atoms with van der Waals surface area (Å²) < 4.78 is 5.44. The average Bonchev–Trinajstić information content (AvgIpc) is 3.27. The van der Waals surface area contributed by atoms with Crippen LogP contribution in [0, 0.1) is 29.1 Å². The summed E-state index contributed by atoms with van der Waals surface area (Å²) in [6, 6.07) is 0.214. The third-order valence-corrected chi connectivity index (χ3v) is 6.52. The standard InChI is InChI=1S/C18H27NO3/c1-11(15-2-3-15)19-16(20)10-22-17(21)18-7-12-4-13(8-18)6-14(5-12)9-18/h11-15H,2-10H2,1H3,(H,19,20)/t11-,12?,13?,14?,18?/m1/s1. The van der Waals surface area contributed by atoms with Crippen molar-refractivity contribution in [2.45, 2.75) is 64.3 Å². The van der Waals surface area contributed by atoms with Crippen LogP contribution in [0.1, 0.15) is 58.3 Å². The van der Waals surface area contributed by atoms with Gasteiger partial charge in [-0.15, -0.1) is 0 Å². The first-order valence-corrected chi connectivity index (χ1v) is 9.01. The fourth-order valence-corrected chi connectivity index (χ4v) is 5.65. The molecule has 1 amide bonds. The highest BCUT2D eigenvalue weighted by molar-refractivity contribution is 5.83. The number of hydrogen-bond acceptors (Lipinski definition) is 3. The zero-order valence-electron chi connectivity index (χ0n) is 13.5. The topological polar surface area (TPSA) is 55.4 Å². The number of nitrogens with one attached hydrogen (secondary N) is 1. The van der Waals surface area contributed by atoms with Gasteiger partial charge in [-0.25, -0.2) is 0 Å². The van der Waals surface area contributed by atoms with Crippen molar-refractivity contribution in [3.63, 3.8) is 0 Å². The van der Waals surface area contributed by atoms with Crippen molar-refractivity contribution in [2.24, 2.45) is 29.1 Å². The molecule has 5 fully saturated rings. The van der Waals surface area contributed by atoms with E-state index in [9.17, 15) is 9.59 Å². The Balaban J connectivity index is 1.31. The molecule has 4 heteroatoms. The fourth-order valence-electron chi connectivity index (χ4n) is 5.65. The SMILES string of the molecule is C[C@@H](NC(=O)COC(=O)C12CC3CC(CC(C3)C1)C2)C1CC1. The molecule has 4 nitrogen and oxygen atoms in total. The van der Waals surface area contributed by atoms with Gasteiger partial charge in [0.2, 0.25) is 0 Å². The zero-order chi connectivity index (χ0) is 15.3. The summed E-state index contributed by atoms with van der Waals surface area (Å²) in [6.45, 7) is 1.94. The third kappa shape index (κ3) is 2.65. The molecule has 0 aromatic rings. The second-order valence-corrected chi connectivity index (χ2v) is 8.47. The highest BCUT2D eigenvalue weighted by atomic mass is 16.5. The summed E-state index contributed by atoms with van der Waals surface area (Å²) in [5.41, 5.74) is -0.253. The monoisotopic (exact) mass is 305 g/mol. The van der Waals surface area contributed by atoms with Gasteiger partial charge >= 0.3 is 5.97 Å². The highest BCUT2D eigenvalue weighted by Crippen LogP contribution is 2.60. The molecule has 0 heterocycles. The first-order chi connectivity index (χ1) is 10.5. The van der Waals surface area contributed by atoms with Gasteiger partial charge in [0, 0.05) is 6.04 Å². The number of hydrogen-bond donors (Lipinski definition) is 1. The quantitative estimate of drug-likeness (QED) is 0.795. The maximum Gasteiger partial charge on any atom is 0.312 e. The van der Waals surface area contributed by atoms with Crippen molar-refractivity contribution in [1.29, 1.82) is 0 Å². The lowest BCUT2D eigenvalue weighted by atomic mass is 9.49. The molecule has 0 aliphatic heterocycles. The van der Waals surface area contributed by atoms with Gasteiger partial charge in [-0.2, -0.15) is 0 Å². The van der Waals surface area contributed by atoms with Crippen molar-refractivity contribution in [3.8, 4) is 0 Å². The van der Waals surface area contributed by atoms with Gasteiger partial charge in [-0.1, -0.05) is 0 Å². The molecule has 0 unspecified atom stereocenters. The first kappa shape index (κ1) is 14.5. The van der Waals surface area contributed by atoms with E-state index in [-0.39, 0.29) is 29.9 Å². The molecule has 5 aliphatic carbocycles. The molecule has 22 heavy (non-hydrogen) atoms. The van der Waals surface area contributed by atoms with Crippen LogP contribution in [-0.2, 0) is 14.3 Å². The number of amides is 1. The number of rotatable bonds is 5. The summed E-state index contributed by atoms with van der Waals surface area (Å²) in [4.78, 5) is 24.6. The lowest BCUT2D eigenvalue weighted by molar-refractivity contribution is -0.173. The molecule has 5 aliphatic rings. The maximum atomic E-state index is 12.6. The van der Waals surface area contributed by atoms with Gasteiger partial charge in [-0.3, -0.25) is 9.59 Å². The van der Waals surface area contributed by atoms with Crippen LogP contribution in [0.5, 0.6) is 0 Å². The molecule has 0 aromatic heterocycles. The van der Waals surface area contributed by atoms with Gasteiger partial charge in [0.1, 0.15) is 0 Å². The largest absolute Gasteiger partial charge is 0.455 e. The third-order valence-electron chi connectivity index (χ3n) is 6.52. The molecule has 0 spiro atoms. The second kappa shape index (κ2) is 5.24. The summed E-state index contributed by atoms with van der Waals surface area (Å²) in [6.07, 6.45) is 9.33. The van der Waals surface area contributed by atoms with Crippen molar-refractivity contribution in [2.75, 3.05) is 6.61 Å². The highest BCUT2D eigenvalue weighted by Gasteiger charge is 2.55. The molecule has 5 rings (SSSR count). The Morgan fingerprint density at radius 2 is 1.64 bits per heavy atom. The van der Waals surface area contributed by atoms with Gasteiger partial charge < -0.3 is 10.1 Å². The Bertz CT molecular complexity index is 447. The molecule has 1 N–H and O–H groups in total. The minimum atomic E-state index is -0.253. The van der Waals surface area contributed by atoms with Crippen LogP contribution in [0.3, 0.4) is 0 Å². The molecule has 0 saturated heterocycles. The predicted octanol–water partition coefficient (Wildman–Crippen LogP) is 2.66. The molecule has 5 saturated carbocycles. The summed E-state index contributed by atoms with van der Waals surface area (Å²) in [5.74, 6) is 2.56. The fraction of sp³-hybridized carbons (Fsp3) is 0.889. The second-order valence-electron chi connectivity index (χ2n) is 8.47. The van der Waals surface area contributed by atoms with Crippen molar-refractivity contribution in [3.05, 3.63) is 0 Å². The van der Waals surface area contributed by atoms with Crippen LogP contribution in [0.25, 0.3) is 0 Å². The van der Waals surface area contributed by atoms with Gasteiger partial charge in [-0.05, 0) is 82.0 Å². The Morgan fingerprint density at radius 1 is 1.09 bits per heavy atom. The van der Waals surface area contributed by atoms with Crippen LogP contribution in [0.4, 0.5) is 0 Å². The molecule has 122 valence electrons. The number of carbonyl (C=O) groups is 2. The minimum Gasteiger partial charge on any atom is -0.455 e. The van der Waals surface area contributed by atoms with Crippen LogP contribution in [0.2, 0.25) is 0 Å².